The lowest BCUT2D eigenvalue weighted by Gasteiger charge is -2.34. The first-order chi connectivity index (χ1) is 9.47. The summed E-state index contributed by atoms with van der Waals surface area (Å²) >= 11 is 0. The van der Waals surface area contributed by atoms with Gasteiger partial charge in [-0.05, 0) is 44.1 Å². The number of carbonyl (C=O) groups is 1. The van der Waals surface area contributed by atoms with E-state index < -0.39 is 6.10 Å². The van der Waals surface area contributed by atoms with Crippen LogP contribution >= 0.6 is 0 Å². The maximum absolute atomic E-state index is 12.4. The Morgan fingerprint density at radius 2 is 2.00 bits per heavy atom. The Hall–Kier alpha value is -1.39. The standard InChI is InChI=1S/C16H24N2O2/c1-12-8-9-18(11-15(12)19)16(20)14-6-4-13(5-7-14)10-17(2)3/h4-7,12,15,19H,8-11H2,1-3H3. The number of amides is 1. The number of aliphatic hydroxyl groups excluding tert-OH is 1. The lowest BCUT2D eigenvalue weighted by Crippen LogP contribution is -2.45. The van der Waals surface area contributed by atoms with Gasteiger partial charge in [0, 0.05) is 25.2 Å². The molecule has 1 aromatic carbocycles. The van der Waals surface area contributed by atoms with Crippen LogP contribution < -0.4 is 0 Å². The van der Waals surface area contributed by atoms with E-state index >= 15 is 0 Å². The van der Waals surface area contributed by atoms with Crippen LogP contribution in [-0.2, 0) is 6.54 Å². The molecular weight excluding hydrogens is 252 g/mol. The molecule has 0 aromatic heterocycles. The molecule has 1 N–H and O–H groups in total. The Morgan fingerprint density at radius 3 is 2.55 bits per heavy atom. The number of likely N-dealkylation sites (tertiary alicyclic amines) is 1. The second-order valence-electron chi connectivity index (χ2n) is 6.02. The highest BCUT2D eigenvalue weighted by Crippen LogP contribution is 2.19. The first kappa shape index (κ1) is 15.0. The molecule has 2 unspecified atom stereocenters. The number of β-amino-alcohol motifs (C(OH)–C–C–N with tert-alkyl or cyclic N) is 1. The average Bonchev–Trinajstić information content (AvgIpc) is 2.41. The average molecular weight is 276 g/mol. The van der Waals surface area contributed by atoms with Crippen LogP contribution in [-0.4, -0.2) is 54.1 Å². The number of carbonyl (C=O) groups excluding carboxylic acids is 1. The van der Waals surface area contributed by atoms with Crippen molar-refractivity contribution < 1.29 is 9.90 Å². The molecule has 20 heavy (non-hydrogen) atoms. The topological polar surface area (TPSA) is 43.8 Å². The summed E-state index contributed by atoms with van der Waals surface area (Å²) < 4.78 is 0. The summed E-state index contributed by atoms with van der Waals surface area (Å²) in [7, 11) is 4.05. The molecule has 1 amide bonds. The van der Waals surface area contributed by atoms with Crippen molar-refractivity contribution in [1.82, 2.24) is 9.80 Å². The molecule has 0 radical (unpaired) electrons. The van der Waals surface area contributed by atoms with E-state index in [0.29, 0.717) is 12.1 Å². The van der Waals surface area contributed by atoms with Crippen LogP contribution in [0.5, 0.6) is 0 Å². The van der Waals surface area contributed by atoms with Crippen molar-refractivity contribution in [3.8, 4) is 0 Å². The van der Waals surface area contributed by atoms with Gasteiger partial charge in [0.15, 0.2) is 0 Å². The minimum atomic E-state index is -0.402. The molecule has 1 aromatic rings. The molecule has 1 heterocycles. The van der Waals surface area contributed by atoms with E-state index in [1.165, 1.54) is 5.56 Å². The summed E-state index contributed by atoms with van der Waals surface area (Å²) in [5.74, 6) is 0.300. The predicted molar refractivity (Wildman–Crippen MR) is 79.5 cm³/mol. The first-order valence-electron chi connectivity index (χ1n) is 7.18. The van der Waals surface area contributed by atoms with Crippen molar-refractivity contribution in [3.63, 3.8) is 0 Å². The molecule has 1 aliphatic heterocycles. The van der Waals surface area contributed by atoms with Gasteiger partial charge in [-0.15, -0.1) is 0 Å². The summed E-state index contributed by atoms with van der Waals surface area (Å²) in [5.41, 5.74) is 1.90. The van der Waals surface area contributed by atoms with Crippen LogP contribution in [0.3, 0.4) is 0 Å². The Balaban J connectivity index is 2.02. The van der Waals surface area contributed by atoms with Gasteiger partial charge in [-0.3, -0.25) is 4.79 Å². The summed E-state index contributed by atoms with van der Waals surface area (Å²) in [6.07, 6.45) is 0.465. The predicted octanol–water partition coefficient (Wildman–Crippen LogP) is 1.59. The number of hydrogen-bond donors (Lipinski definition) is 1. The summed E-state index contributed by atoms with van der Waals surface area (Å²) in [6.45, 7) is 4.08. The van der Waals surface area contributed by atoms with Crippen LogP contribution in [0.25, 0.3) is 0 Å². The van der Waals surface area contributed by atoms with Gasteiger partial charge >= 0.3 is 0 Å². The van der Waals surface area contributed by atoms with Gasteiger partial charge in [0.2, 0.25) is 0 Å². The molecule has 1 fully saturated rings. The molecule has 110 valence electrons. The number of hydrogen-bond acceptors (Lipinski definition) is 3. The normalized spacial score (nSPS) is 23.1. The van der Waals surface area contributed by atoms with Gasteiger partial charge in [0.1, 0.15) is 0 Å². The van der Waals surface area contributed by atoms with Crippen LogP contribution in [0, 0.1) is 5.92 Å². The largest absolute Gasteiger partial charge is 0.391 e. The minimum absolute atomic E-state index is 0.0207. The van der Waals surface area contributed by atoms with Gasteiger partial charge in [0.25, 0.3) is 5.91 Å². The lowest BCUT2D eigenvalue weighted by molar-refractivity contribution is 0.0248. The summed E-state index contributed by atoms with van der Waals surface area (Å²) in [6, 6.07) is 7.75. The van der Waals surface area contributed by atoms with E-state index in [-0.39, 0.29) is 11.8 Å². The Morgan fingerprint density at radius 1 is 1.35 bits per heavy atom. The van der Waals surface area contributed by atoms with Crippen molar-refractivity contribution in [1.29, 1.82) is 0 Å². The molecule has 0 saturated carbocycles. The lowest BCUT2D eigenvalue weighted by atomic mass is 9.95. The number of benzene rings is 1. The zero-order valence-electron chi connectivity index (χ0n) is 12.5. The van der Waals surface area contributed by atoms with Crippen molar-refractivity contribution in [2.75, 3.05) is 27.2 Å². The van der Waals surface area contributed by atoms with E-state index in [0.717, 1.165) is 19.5 Å². The van der Waals surface area contributed by atoms with Gasteiger partial charge in [-0.2, -0.15) is 0 Å². The molecule has 0 aliphatic carbocycles. The molecule has 0 bridgehead atoms. The highest BCUT2D eigenvalue weighted by atomic mass is 16.3. The van der Waals surface area contributed by atoms with Crippen LogP contribution in [0.2, 0.25) is 0 Å². The molecule has 1 saturated heterocycles. The number of piperidine rings is 1. The second-order valence-corrected chi connectivity index (χ2v) is 6.02. The third-order valence-corrected chi connectivity index (χ3v) is 3.91. The molecular formula is C16H24N2O2. The molecule has 4 nitrogen and oxygen atoms in total. The Kier molecular flexibility index (Phi) is 4.78. The molecule has 1 aliphatic rings. The Bertz CT molecular complexity index is 456. The molecule has 0 spiro atoms. The zero-order chi connectivity index (χ0) is 14.7. The van der Waals surface area contributed by atoms with Gasteiger partial charge in [0.05, 0.1) is 6.10 Å². The quantitative estimate of drug-likeness (QED) is 0.912. The summed E-state index contributed by atoms with van der Waals surface area (Å²) in [4.78, 5) is 16.2. The highest BCUT2D eigenvalue weighted by Gasteiger charge is 2.27. The van der Waals surface area contributed by atoms with Crippen molar-refractivity contribution >= 4 is 5.91 Å². The maximum Gasteiger partial charge on any atom is 0.253 e. The first-order valence-corrected chi connectivity index (χ1v) is 7.18. The van der Waals surface area contributed by atoms with E-state index in [1.54, 1.807) is 4.90 Å². The SMILES string of the molecule is CC1CCN(C(=O)c2ccc(CN(C)C)cc2)CC1O. The monoisotopic (exact) mass is 276 g/mol. The second kappa shape index (κ2) is 6.37. The molecule has 4 heteroatoms. The van der Waals surface area contributed by atoms with Crippen LogP contribution in [0.1, 0.15) is 29.3 Å². The summed E-state index contributed by atoms with van der Waals surface area (Å²) in [5, 5.41) is 9.89. The highest BCUT2D eigenvalue weighted by molar-refractivity contribution is 5.94. The smallest absolute Gasteiger partial charge is 0.253 e. The third-order valence-electron chi connectivity index (χ3n) is 3.91. The van der Waals surface area contributed by atoms with Gasteiger partial charge in [-0.1, -0.05) is 19.1 Å². The third kappa shape index (κ3) is 3.58. The van der Waals surface area contributed by atoms with E-state index in [4.69, 9.17) is 0 Å². The van der Waals surface area contributed by atoms with Crippen molar-refractivity contribution in [2.45, 2.75) is 26.0 Å². The van der Waals surface area contributed by atoms with E-state index in [9.17, 15) is 9.90 Å². The number of aliphatic hydroxyl groups is 1. The van der Waals surface area contributed by atoms with Crippen molar-refractivity contribution in [2.24, 2.45) is 5.92 Å². The van der Waals surface area contributed by atoms with E-state index in [2.05, 4.69) is 4.90 Å². The van der Waals surface area contributed by atoms with Gasteiger partial charge in [-0.25, -0.2) is 0 Å². The van der Waals surface area contributed by atoms with Gasteiger partial charge < -0.3 is 14.9 Å². The number of rotatable bonds is 3. The zero-order valence-corrected chi connectivity index (χ0v) is 12.5. The van der Waals surface area contributed by atoms with Crippen LogP contribution in [0.15, 0.2) is 24.3 Å². The number of nitrogens with zero attached hydrogens (tertiary/aromatic N) is 2. The Labute approximate surface area is 121 Å². The van der Waals surface area contributed by atoms with Crippen LogP contribution in [0.4, 0.5) is 0 Å². The molecule has 2 rings (SSSR count). The maximum atomic E-state index is 12.4. The minimum Gasteiger partial charge on any atom is -0.391 e. The fraction of sp³-hybridized carbons (Fsp3) is 0.562. The van der Waals surface area contributed by atoms with E-state index in [1.807, 2.05) is 45.3 Å². The molecule has 2 atom stereocenters. The fourth-order valence-corrected chi connectivity index (χ4v) is 2.53. The fourth-order valence-electron chi connectivity index (χ4n) is 2.53. The van der Waals surface area contributed by atoms with Crippen molar-refractivity contribution in [3.05, 3.63) is 35.4 Å².